The molecule has 7 nitrogen and oxygen atoms in total. The van der Waals surface area contributed by atoms with Crippen molar-refractivity contribution in [1.29, 1.82) is 0 Å². The molecule has 2 N–H and O–H groups in total. The number of sulfonamides is 1. The van der Waals surface area contributed by atoms with Crippen molar-refractivity contribution in [3.8, 4) is 0 Å². The van der Waals surface area contributed by atoms with Gasteiger partial charge in [-0.3, -0.25) is 14.8 Å². The first-order valence-corrected chi connectivity index (χ1v) is 10.6. The van der Waals surface area contributed by atoms with E-state index in [1.165, 1.54) is 23.6 Å². The maximum Gasteiger partial charge on any atom is 0.270 e. The zero-order valence-electron chi connectivity index (χ0n) is 14.2. The fourth-order valence-corrected chi connectivity index (χ4v) is 3.98. The first-order chi connectivity index (χ1) is 13.3. The molecule has 146 valence electrons. The molecule has 0 saturated carbocycles. The van der Waals surface area contributed by atoms with E-state index in [-0.39, 0.29) is 28.1 Å². The molecule has 2 aromatic heterocycles. The van der Waals surface area contributed by atoms with Crippen LogP contribution < -0.4 is 10.0 Å². The number of pyridine rings is 1. The molecule has 0 atom stereocenters. The highest BCUT2D eigenvalue weighted by Crippen LogP contribution is 2.19. The predicted octanol–water partition coefficient (Wildman–Crippen LogP) is 2.74. The van der Waals surface area contributed by atoms with Crippen LogP contribution in [0.3, 0.4) is 0 Å². The minimum atomic E-state index is -3.87. The average Bonchev–Trinajstić information content (AvgIpc) is 3.20. The monoisotopic (exact) mass is 440 g/mol. The van der Waals surface area contributed by atoms with Gasteiger partial charge in [0.2, 0.25) is 10.0 Å². The second-order valence-electron chi connectivity index (χ2n) is 5.60. The third-order valence-corrected chi connectivity index (χ3v) is 6.10. The Bertz CT molecular complexity index is 1070. The van der Waals surface area contributed by atoms with Gasteiger partial charge in [0.15, 0.2) is 0 Å². The molecular weight excluding hydrogens is 427 g/mol. The zero-order valence-corrected chi connectivity index (χ0v) is 16.6. The molecule has 0 radical (unpaired) electrons. The summed E-state index contributed by atoms with van der Waals surface area (Å²) in [4.78, 5) is 20.8. The normalized spacial score (nSPS) is 11.4. The molecule has 0 aliphatic carbocycles. The SMILES string of the molecule is O=C(NCc1cncs1)c1ccc(CNS(=O)(=O)c2ccc(F)c(Cl)c2)cn1. The van der Waals surface area contributed by atoms with Crippen LogP contribution in [0.5, 0.6) is 0 Å². The van der Waals surface area contributed by atoms with E-state index >= 15 is 0 Å². The van der Waals surface area contributed by atoms with Gasteiger partial charge in [0.25, 0.3) is 5.91 Å². The summed E-state index contributed by atoms with van der Waals surface area (Å²) < 4.78 is 40.1. The van der Waals surface area contributed by atoms with Crippen molar-refractivity contribution in [1.82, 2.24) is 20.0 Å². The van der Waals surface area contributed by atoms with Crippen molar-refractivity contribution < 1.29 is 17.6 Å². The lowest BCUT2D eigenvalue weighted by molar-refractivity contribution is 0.0946. The number of rotatable bonds is 7. The quantitative estimate of drug-likeness (QED) is 0.588. The molecule has 1 aromatic carbocycles. The minimum absolute atomic E-state index is 0.0485. The molecule has 11 heteroatoms. The molecule has 0 bridgehead atoms. The van der Waals surface area contributed by atoms with Crippen molar-refractivity contribution in [3.63, 3.8) is 0 Å². The number of hydrogen-bond acceptors (Lipinski definition) is 6. The Balaban J connectivity index is 1.59. The van der Waals surface area contributed by atoms with Crippen LogP contribution in [-0.2, 0) is 23.1 Å². The van der Waals surface area contributed by atoms with Gasteiger partial charge >= 0.3 is 0 Å². The van der Waals surface area contributed by atoms with Gasteiger partial charge in [0.05, 0.1) is 22.0 Å². The number of halogens is 2. The van der Waals surface area contributed by atoms with Crippen molar-refractivity contribution in [2.75, 3.05) is 0 Å². The van der Waals surface area contributed by atoms with Gasteiger partial charge in [0, 0.05) is 23.8 Å². The summed E-state index contributed by atoms with van der Waals surface area (Å²) in [5.74, 6) is -1.05. The Kier molecular flexibility index (Phi) is 6.35. The molecule has 0 aliphatic heterocycles. The van der Waals surface area contributed by atoms with Crippen LogP contribution in [0, 0.1) is 5.82 Å². The van der Waals surface area contributed by atoms with Crippen LogP contribution in [0.2, 0.25) is 5.02 Å². The fourth-order valence-electron chi connectivity index (χ4n) is 2.16. The van der Waals surface area contributed by atoms with Gasteiger partial charge in [0.1, 0.15) is 11.5 Å². The van der Waals surface area contributed by atoms with Crippen LogP contribution in [0.15, 0.2) is 53.1 Å². The van der Waals surface area contributed by atoms with Crippen LogP contribution in [0.4, 0.5) is 4.39 Å². The molecule has 0 saturated heterocycles. The van der Waals surface area contributed by atoms with Crippen LogP contribution in [0.1, 0.15) is 20.9 Å². The number of aromatic nitrogens is 2. The standard InChI is InChI=1S/C17H14ClFN4O3S2/c18-14-5-13(2-3-15(14)19)28(25,26)23-7-11-1-4-16(21-6-11)17(24)22-9-12-8-20-10-27-12/h1-6,8,10,23H,7,9H2,(H,22,24). The lowest BCUT2D eigenvalue weighted by Gasteiger charge is -2.08. The third-order valence-electron chi connectivity index (χ3n) is 3.63. The highest BCUT2D eigenvalue weighted by Gasteiger charge is 2.16. The van der Waals surface area contributed by atoms with Gasteiger partial charge in [-0.15, -0.1) is 11.3 Å². The summed E-state index contributed by atoms with van der Waals surface area (Å²) in [6.45, 7) is 0.306. The summed E-state index contributed by atoms with van der Waals surface area (Å²) in [5.41, 5.74) is 2.44. The average molecular weight is 441 g/mol. The lowest BCUT2D eigenvalue weighted by Crippen LogP contribution is -2.24. The Morgan fingerprint density at radius 3 is 2.64 bits per heavy atom. The largest absolute Gasteiger partial charge is 0.346 e. The Labute approximate surface area is 169 Å². The molecule has 0 spiro atoms. The van der Waals surface area contributed by atoms with E-state index in [1.54, 1.807) is 17.8 Å². The molecule has 3 aromatic rings. The highest BCUT2D eigenvalue weighted by molar-refractivity contribution is 7.89. The number of thiazole rings is 1. The van der Waals surface area contributed by atoms with Gasteiger partial charge in [-0.25, -0.2) is 17.5 Å². The minimum Gasteiger partial charge on any atom is -0.346 e. The fraction of sp³-hybridized carbons (Fsp3) is 0.118. The second kappa shape index (κ2) is 8.74. The molecule has 0 unspecified atom stereocenters. The van der Waals surface area contributed by atoms with Crippen LogP contribution in [0.25, 0.3) is 0 Å². The second-order valence-corrected chi connectivity index (χ2v) is 8.75. The third kappa shape index (κ3) is 5.10. The maximum atomic E-state index is 13.2. The Hall–Kier alpha value is -2.40. The Morgan fingerprint density at radius 2 is 2.00 bits per heavy atom. The number of hydrogen-bond donors (Lipinski definition) is 2. The molecular formula is C17H14ClFN4O3S2. The van der Waals surface area contributed by atoms with E-state index in [9.17, 15) is 17.6 Å². The van der Waals surface area contributed by atoms with E-state index in [0.29, 0.717) is 12.1 Å². The number of nitrogens with one attached hydrogen (secondary N) is 2. The number of nitrogens with zero attached hydrogens (tertiary/aromatic N) is 2. The number of benzene rings is 1. The molecule has 0 aliphatic rings. The van der Waals surface area contributed by atoms with E-state index in [0.717, 1.165) is 23.1 Å². The van der Waals surface area contributed by atoms with Crippen molar-refractivity contribution in [2.45, 2.75) is 18.0 Å². The van der Waals surface area contributed by atoms with E-state index in [1.807, 2.05) is 0 Å². The van der Waals surface area contributed by atoms with E-state index in [4.69, 9.17) is 11.6 Å². The summed E-state index contributed by atoms with van der Waals surface area (Å²) in [5, 5.41) is 2.44. The molecule has 3 rings (SSSR count). The number of carbonyl (C=O) groups is 1. The van der Waals surface area contributed by atoms with Gasteiger partial charge in [-0.1, -0.05) is 17.7 Å². The maximum absolute atomic E-state index is 13.2. The first kappa shape index (κ1) is 20.3. The summed E-state index contributed by atoms with van der Waals surface area (Å²) in [6.07, 6.45) is 3.07. The highest BCUT2D eigenvalue weighted by atomic mass is 35.5. The van der Waals surface area contributed by atoms with Gasteiger partial charge in [-0.2, -0.15) is 0 Å². The summed E-state index contributed by atoms with van der Waals surface area (Å²) >= 11 is 7.06. The number of amides is 1. The van der Waals surface area contributed by atoms with Crippen molar-refractivity contribution in [2.24, 2.45) is 0 Å². The van der Waals surface area contributed by atoms with E-state index < -0.39 is 15.8 Å². The van der Waals surface area contributed by atoms with Crippen LogP contribution in [-0.4, -0.2) is 24.3 Å². The number of carbonyl (C=O) groups excluding carboxylic acids is 1. The van der Waals surface area contributed by atoms with Crippen LogP contribution >= 0.6 is 22.9 Å². The smallest absolute Gasteiger partial charge is 0.270 e. The zero-order chi connectivity index (χ0) is 20.1. The molecule has 28 heavy (non-hydrogen) atoms. The van der Waals surface area contributed by atoms with Crippen molar-refractivity contribution in [3.05, 3.63) is 75.2 Å². The van der Waals surface area contributed by atoms with Gasteiger partial charge in [-0.05, 0) is 29.8 Å². The molecule has 2 heterocycles. The molecule has 0 fully saturated rings. The van der Waals surface area contributed by atoms with Gasteiger partial charge < -0.3 is 5.32 Å². The topological polar surface area (TPSA) is 101 Å². The molecule has 1 amide bonds. The first-order valence-electron chi connectivity index (χ1n) is 7.90. The predicted molar refractivity (Wildman–Crippen MR) is 103 cm³/mol. The lowest BCUT2D eigenvalue weighted by atomic mass is 10.2. The summed E-state index contributed by atoms with van der Waals surface area (Å²) in [7, 11) is -3.87. The van der Waals surface area contributed by atoms with E-state index in [2.05, 4.69) is 20.0 Å². The Morgan fingerprint density at radius 1 is 1.18 bits per heavy atom. The van der Waals surface area contributed by atoms with Crippen molar-refractivity contribution >= 4 is 38.9 Å². The summed E-state index contributed by atoms with van der Waals surface area (Å²) in [6, 6.07) is 6.24.